The zero-order valence-corrected chi connectivity index (χ0v) is 21.4. The van der Waals surface area contributed by atoms with Gasteiger partial charge in [-0.15, -0.1) is 0 Å². The average molecular weight is 509 g/mol. The van der Waals surface area contributed by atoms with Gasteiger partial charge in [0, 0.05) is 10.7 Å². The lowest BCUT2D eigenvalue weighted by Crippen LogP contribution is -2.10. The molecule has 0 fully saturated rings. The highest BCUT2D eigenvalue weighted by molar-refractivity contribution is 8.13. The van der Waals surface area contributed by atoms with E-state index in [0.29, 0.717) is 12.8 Å². The van der Waals surface area contributed by atoms with Crippen molar-refractivity contribution < 1.29 is 26.7 Å². The fourth-order valence-corrected chi connectivity index (χ4v) is 5.52. The molecule has 1 atom stereocenters. The van der Waals surface area contributed by atoms with Gasteiger partial charge in [-0.2, -0.15) is 0 Å². The molecule has 0 saturated heterocycles. The Labute approximate surface area is 199 Å². The monoisotopic (exact) mass is 508 g/mol. The lowest BCUT2D eigenvalue weighted by molar-refractivity contribution is 0.0695. The van der Waals surface area contributed by atoms with Gasteiger partial charge in [0.2, 0.25) is 0 Å². The summed E-state index contributed by atoms with van der Waals surface area (Å²) in [6.45, 7) is 2.22. The van der Waals surface area contributed by atoms with Crippen molar-refractivity contribution >= 4 is 36.4 Å². The summed E-state index contributed by atoms with van der Waals surface area (Å²) in [6, 6.07) is 3.33. The van der Waals surface area contributed by atoms with Crippen LogP contribution < -0.4 is 0 Å². The van der Waals surface area contributed by atoms with Crippen LogP contribution in [0.1, 0.15) is 118 Å². The Morgan fingerprint density at radius 1 is 0.906 bits per heavy atom. The number of hydrogen-bond acceptors (Lipinski definition) is 5. The van der Waals surface area contributed by atoms with Crippen LogP contribution in [0.15, 0.2) is 23.1 Å². The van der Waals surface area contributed by atoms with Gasteiger partial charge in [0.1, 0.15) is 10.7 Å². The normalized spacial score (nSPS) is 12.8. The molecule has 0 amide bonds. The van der Waals surface area contributed by atoms with E-state index in [1.54, 1.807) is 0 Å². The molecule has 1 unspecified atom stereocenters. The fraction of sp³-hybridized carbons (Fsp3) is 0.696. The summed E-state index contributed by atoms with van der Waals surface area (Å²) in [7, 11) is -1.72. The quantitative estimate of drug-likeness (QED) is 0.134. The van der Waals surface area contributed by atoms with Gasteiger partial charge in [-0.1, -0.05) is 96.5 Å². The molecule has 0 heterocycles. The first kappa shape index (κ1) is 28.9. The van der Waals surface area contributed by atoms with Crippen molar-refractivity contribution in [2.24, 2.45) is 0 Å². The van der Waals surface area contributed by atoms with Crippen LogP contribution >= 0.6 is 10.7 Å². The van der Waals surface area contributed by atoms with Crippen molar-refractivity contribution in [1.29, 1.82) is 0 Å². The molecule has 184 valence electrons. The zero-order chi connectivity index (χ0) is 24.0. The second-order valence-electron chi connectivity index (χ2n) is 8.32. The maximum Gasteiger partial charge on any atom is 0.336 e. The summed E-state index contributed by atoms with van der Waals surface area (Å²) in [4.78, 5) is 11.2. The highest BCUT2D eigenvalue weighted by Crippen LogP contribution is 2.29. The van der Waals surface area contributed by atoms with Gasteiger partial charge in [0.15, 0.2) is 0 Å². The van der Waals surface area contributed by atoms with Gasteiger partial charge in [0.05, 0.1) is 15.7 Å². The van der Waals surface area contributed by atoms with Crippen molar-refractivity contribution in [3.8, 4) is 0 Å². The summed E-state index contributed by atoms with van der Waals surface area (Å²) in [5, 5.41) is 8.47. The van der Waals surface area contributed by atoms with E-state index in [-0.39, 0.29) is 16.0 Å². The Balaban J connectivity index is 2.44. The van der Waals surface area contributed by atoms with E-state index in [9.17, 15) is 26.7 Å². The Morgan fingerprint density at radius 3 is 1.78 bits per heavy atom. The smallest absolute Gasteiger partial charge is 0.336 e. The third-order valence-electron chi connectivity index (χ3n) is 5.73. The number of carbonyl (C=O) groups is 1. The molecule has 0 bridgehead atoms. The lowest BCUT2D eigenvalue weighted by atomic mass is 9.99. The molecule has 1 aromatic carbocycles. The van der Waals surface area contributed by atoms with Gasteiger partial charge in [-0.25, -0.2) is 21.6 Å². The molecule has 32 heavy (non-hydrogen) atoms. The molecule has 1 aromatic rings. The van der Waals surface area contributed by atoms with Crippen LogP contribution in [0.3, 0.4) is 0 Å². The summed E-state index contributed by atoms with van der Waals surface area (Å²) >= 11 is 0. The van der Waals surface area contributed by atoms with E-state index in [0.717, 1.165) is 31.4 Å². The highest BCUT2D eigenvalue weighted by Gasteiger charge is 2.24. The van der Waals surface area contributed by atoms with Crippen molar-refractivity contribution in [2.75, 3.05) is 0 Å². The number of rotatable bonds is 18. The van der Waals surface area contributed by atoms with E-state index in [1.165, 1.54) is 63.9 Å². The van der Waals surface area contributed by atoms with E-state index >= 15 is 0 Å². The Bertz CT molecular complexity index is 872. The van der Waals surface area contributed by atoms with Crippen molar-refractivity contribution in [3.63, 3.8) is 0 Å². The molecule has 0 aliphatic carbocycles. The van der Waals surface area contributed by atoms with Crippen LogP contribution in [0, 0.1) is 0 Å². The standard InChI is InChI=1S/C23H37ClO6S2/c1-2-3-4-5-6-7-8-9-10-11-12-13-14-15-22(31(27)28)20-17-16-19(32(24,29)30)18-21(20)23(25)26/h16-18,22,31H,2-15H2,1H3,(H,25,26). The second-order valence-corrected chi connectivity index (χ2v) is 12.1. The summed E-state index contributed by atoms with van der Waals surface area (Å²) in [5.41, 5.74) is -0.234. The highest BCUT2D eigenvalue weighted by atomic mass is 35.7. The third kappa shape index (κ3) is 11.1. The van der Waals surface area contributed by atoms with Gasteiger partial charge in [-0.05, 0) is 24.1 Å². The number of hydrogen-bond donors (Lipinski definition) is 2. The first-order valence-corrected chi connectivity index (χ1v) is 15.2. The third-order valence-corrected chi connectivity index (χ3v) is 8.13. The number of carboxylic acids is 1. The Morgan fingerprint density at radius 2 is 1.38 bits per heavy atom. The number of halogens is 1. The van der Waals surface area contributed by atoms with Gasteiger partial charge >= 0.3 is 5.97 Å². The van der Waals surface area contributed by atoms with Crippen LogP contribution in [-0.2, 0) is 19.8 Å². The predicted molar refractivity (Wildman–Crippen MR) is 130 cm³/mol. The molecule has 1 N–H and O–H groups in total. The Kier molecular flexibility index (Phi) is 14.2. The van der Waals surface area contributed by atoms with Gasteiger partial charge in [-0.3, -0.25) is 0 Å². The SMILES string of the molecule is CCCCCCCCCCCCCCCC(c1ccc(S(=O)(=O)Cl)cc1C(=O)O)[SH](=O)=O. The lowest BCUT2D eigenvalue weighted by Gasteiger charge is -2.14. The van der Waals surface area contributed by atoms with Crippen LogP contribution in [-0.4, -0.2) is 27.9 Å². The van der Waals surface area contributed by atoms with Crippen LogP contribution in [0.2, 0.25) is 0 Å². The molecule has 1 rings (SSSR count). The van der Waals surface area contributed by atoms with Crippen LogP contribution in [0.25, 0.3) is 0 Å². The van der Waals surface area contributed by atoms with Crippen LogP contribution in [0.4, 0.5) is 0 Å². The second kappa shape index (κ2) is 15.7. The molecule has 0 aliphatic rings. The molecule has 0 saturated carbocycles. The van der Waals surface area contributed by atoms with E-state index in [2.05, 4.69) is 6.92 Å². The van der Waals surface area contributed by atoms with Crippen molar-refractivity contribution in [1.82, 2.24) is 0 Å². The summed E-state index contributed by atoms with van der Waals surface area (Å²) in [5.74, 6) is -1.38. The molecule has 0 aliphatic heterocycles. The van der Waals surface area contributed by atoms with Gasteiger partial charge in [0.25, 0.3) is 9.05 Å². The maximum absolute atomic E-state index is 11.8. The largest absolute Gasteiger partial charge is 0.478 e. The molecule has 6 nitrogen and oxygen atoms in total. The number of unbranched alkanes of at least 4 members (excludes halogenated alkanes) is 12. The average Bonchev–Trinajstić information content (AvgIpc) is 2.72. The topological polar surface area (TPSA) is 106 Å². The summed E-state index contributed by atoms with van der Waals surface area (Å²) in [6.07, 6.45) is 15.6. The number of thiol groups is 1. The molecular weight excluding hydrogens is 472 g/mol. The van der Waals surface area contributed by atoms with E-state index in [4.69, 9.17) is 10.7 Å². The first-order valence-electron chi connectivity index (χ1n) is 11.6. The molecular formula is C23H37ClO6S2. The molecule has 9 heteroatoms. The number of benzene rings is 1. The first-order chi connectivity index (χ1) is 15.2. The number of aromatic carboxylic acids is 1. The van der Waals surface area contributed by atoms with Crippen LogP contribution in [0.5, 0.6) is 0 Å². The Hall–Kier alpha value is -1.12. The molecule has 0 spiro atoms. The molecule has 0 aromatic heterocycles. The minimum Gasteiger partial charge on any atom is -0.478 e. The minimum absolute atomic E-state index is 0.108. The van der Waals surface area contributed by atoms with Crippen molar-refractivity contribution in [2.45, 2.75) is 107 Å². The zero-order valence-electron chi connectivity index (χ0n) is 18.9. The predicted octanol–water partition coefficient (Wildman–Crippen LogP) is 6.45. The maximum atomic E-state index is 11.8. The van der Waals surface area contributed by atoms with Crippen molar-refractivity contribution in [3.05, 3.63) is 29.3 Å². The van der Waals surface area contributed by atoms with E-state index in [1.807, 2.05) is 0 Å². The minimum atomic E-state index is -4.11. The fourth-order valence-electron chi connectivity index (χ4n) is 3.89. The van der Waals surface area contributed by atoms with E-state index < -0.39 is 31.0 Å². The number of carboxylic acid groups (broad SMARTS) is 1. The molecule has 0 radical (unpaired) electrons. The van der Waals surface area contributed by atoms with Gasteiger partial charge < -0.3 is 5.11 Å². The summed E-state index contributed by atoms with van der Waals surface area (Å²) < 4.78 is 46.6.